The molecule has 0 aromatic heterocycles. The first-order valence-corrected chi connectivity index (χ1v) is 5.03. The number of nitrogens with zero attached hydrogens (tertiary/aromatic N) is 2. The lowest BCUT2D eigenvalue weighted by Crippen LogP contribution is -2.29. The van der Waals surface area contributed by atoms with Crippen LogP contribution in [0, 0.1) is 0 Å². The van der Waals surface area contributed by atoms with E-state index in [-0.39, 0.29) is 6.17 Å². The molecule has 0 saturated heterocycles. The van der Waals surface area contributed by atoms with E-state index in [4.69, 9.17) is 5.73 Å². The second-order valence-electron chi connectivity index (χ2n) is 3.56. The molecule has 78 valence electrons. The molecule has 1 aliphatic rings. The zero-order valence-corrected chi connectivity index (χ0v) is 9.20. The minimum absolute atomic E-state index is 0.203. The van der Waals surface area contributed by atoms with Gasteiger partial charge in [0, 0.05) is 17.6 Å². The minimum atomic E-state index is 0.203. The first-order chi connectivity index (χ1) is 6.65. The maximum atomic E-state index is 5.42. The minimum Gasteiger partial charge on any atom is -0.330 e. The van der Waals surface area contributed by atoms with Crippen molar-refractivity contribution in [1.29, 1.82) is 0 Å². The number of hydrogen-bond donors (Lipinski definition) is 1. The topological polar surface area (TPSA) is 41.6 Å². The molecule has 0 bridgehead atoms. The van der Waals surface area contributed by atoms with Crippen molar-refractivity contribution in [2.24, 2.45) is 10.7 Å². The van der Waals surface area contributed by atoms with Gasteiger partial charge >= 0.3 is 0 Å². The Kier molecular flexibility index (Phi) is 3.89. The molecule has 1 unspecified atom stereocenters. The zero-order valence-electron chi connectivity index (χ0n) is 9.20. The quantitative estimate of drug-likeness (QED) is 0.743. The molecule has 3 heteroatoms. The fourth-order valence-corrected chi connectivity index (χ4v) is 1.59. The number of nitrogens with two attached hydrogens (primary N) is 1. The fourth-order valence-electron chi connectivity index (χ4n) is 1.59. The van der Waals surface area contributed by atoms with Gasteiger partial charge in [-0.2, -0.15) is 0 Å². The average Bonchev–Trinajstić information content (AvgIpc) is 2.09. The molecule has 0 radical (unpaired) electrons. The SMILES string of the molecule is CC1=CC(C)=NC(C)N1/C=C\CCN. The third-order valence-corrected chi connectivity index (χ3v) is 2.22. The highest BCUT2D eigenvalue weighted by atomic mass is 15.2. The van der Waals surface area contributed by atoms with Gasteiger partial charge in [0.1, 0.15) is 6.17 Å². The summed E-state index contributed by atoms with van der Waals surface area (Å²) >= 11 is 0. The highest BCUT2D eigenvalue weighted by molar-refractivity contribution is 5.94. The van der Waals surface area contributed by atoms with Crippen LogP contribution in [0.2, 0.25) is 0 Å². The van der Waals surface area contributed by atoms with Crippen molar-refractivity contribution in [2.75, 3.05) is 6.54 Å². The summed E-state index contributed by atoms with van der Waals surface area (Å²) in [5.74, 6) is 0. The molecule has 2 N–H and O–H groups in total. The van der Waals surface area contributed by atoms with Gasteiger partial charge in [-0.05, 0) is 39.8 Å². The predicted molar refractivity (Wildman–Crippen MR) is 61.0 cm³/mol. The molecule has 1 rings (SSSR count). The van der Waals surface area contributed by atoms with E-state index in [0.29, 0.717) is 6.54 Å². The van der Waals surface area contributed by atoms with Gasteiger partial charge < -0.3 is 10.6 Å². The maximum absolute atomic E-state index is 5.42. The van der Waals surface area contributed by atoms with E-state index in [1.807, 2.05) is 6.92 Å². The lowest BCUT2D eigenvalue weighted by atomic mass is 10.2. The average molecular weight is 193 g/mol. The fraction of sp³-hybridized carbons (Fsp3) is 0.545. The number of hydrogen-bond acceptors (Lipinski definition) is 3. The molecule has 0 aromatic rings. The molecule has 1 heterocycles. The second-order valence-corrected chi connectivity index (χ2v) is 3.56. The van der Waals surface area contributed by atoms with Gasteiger partial charge in [0.2, 0.25) is 0 Å². The Bertz CT molecular complexity index is 276. The Labute approximate surface area is 86.0 Å². The first kappa shape index (κ1) is 11.0. The smallest absolute Gasteiger partial charge is 0.122 e. The van der Waals surface area contributed by atoms with Crippen molar-refractivity contribution in [3.05, 3.63) is 24.0 Å². The number of aliphatic imine (C=N–C) groups is 1. The standard InChI is InChI=1S/C11H19N3/c1-9-8-10(2)14(11(3)13-9)7-5-4-6-12/h5,7-8,11H,4,6,12H2,1-3H3/b7-5-. The maximum Gasteiger partial charge on any atom is 0.122 e. The molecule has 0 aliphatic carbocycles. The number of rotatable bonds is 3. The summed E-state index contributed by atoms with van der Waals surface area (Å²) in [5.41, 5.74) is 7.75. The lowest BCUT2D eigenvalue weighted by molar-refractivity contribution is 0.366. The third kappa shape index (κ3) is 2.70. The first-order valence-electron chi connectivity index (χ1n) is 5.03. The molecular weight excluding hydrogens is 174 g/mol. The zero-order chi connectivity index (χ0) is 10.6. The Hall–Kier alpha value is -1.09. The van der Waals surface area contributed by atoms with Gasteiger partial charge in [-0.25, -0.2) is 0 Å². The highest BCUT2D eigenvalue weighted by Gasteiger charge is 2.14. The lowest BCUT2D eigenvalue weighted by Gasteiger charge is -2.29. The summed E-state index contributed by atoms with van der Waals surface area (Å²) in [6.45, 7) is 6.92. The molecule has 0 spiro atoms. The molecule has 0 saturated carbocycles. The van der Waals surface area contributed by atoms with Crippen LogP contribution in [-0.2, 0) is 0 Å². The largest absolute Gasteiger partial charge is 0.330 e. The van der Waals surface area contributed by atoms with Crippen LogP contribution in [0.25, 0.3) is 0 Å². The predicted octanol–water partition coefficient (Wildman–Crippen LogP) is 1.88. The van der Waals surface area contributed by atoms with E-state index < -0.39 is 0 Å². The van der Waals surface area contributed by atoms with Gasteiger partial charge in [-0.3, -0.25) is 4.99 Å². The van der Waals surface area contributed by atoms with Crippen molar-refractivity contribution in [3.8, 4) is 0 Å². The van der Waals surface area contributed by atoms with Crippen LogP contribution in [0.5, 0.6) is 0 Å². The molecule has 14 heavy (non-hydrogen) atoms. The van der Waals surface area contributed by atoms with Crippen LogP contribution in [0.3, 0.4) is 0 Å². The molecule has 1 aliphatic heterocycles. The van der Waals surface area contributed by atoms with Gasteiger partial charge in [-0.15, -0.1) is 0 Å². The van der Waals surface area contributed by atoms with Crippen LogP contribution in [0.1, 0.15) is 27.2 Å². The van der Waals surface area contributed by atoms with Crippen LogP contribution in [-0.4, -0.2) is 23.3 Å². The van der Waals surface area contributed by atoms with Gasteiger partial charge in [0.05, 0.1) is 0 Å². The summed E-state index contributed by atoms with van der Waals surface area (Å²) < 4.78 is 0. The van der Waals surface area contributed by atoms with E-state index in [1.165, 1.54) is 5.70 Å². The molecule has 0 fully saturated rings. The summed E-state index contributed by atoms with van der Waals surface area (Å²) in [7, 11) is 0. The molecule has 1 atom stereocenters. The van der Waals surface area contributed by atoms with E-state index in [9.17, 15) is 0 Å². The van der Waals surface area contributed by atoms with Crippen LogP contribution >= 0.6 is 0 Å². The second kappa shape index (κ2) is 4.96. The molecule has 3 nitrogen and oxygen atoms in total. The number of allylic oxidation sites excluding steroid dienone is 2. The van der Waals surface area contributed by atoms with Crippen molar-refractivity contribution in [3.63, 3.8) is 0 Å². The Morgan fingerprint density at radius 2 is 2.29 bits per heavy atom. The van der Waals surface area contributed by atoms with Crippen molar-refractivity contribution < 1.29 is 0 Å². The molecular formula is C11H19N3. The van der Waals surface area contributed by atoms with E-state index in [0.717, 1.165) is 12.1 Å². The van der Waals surface area contributed by atoms with Gasteiger partial charge in [-0.1, -0.05) is 6.08 Å². The van der Waals surface area contributed by atoms with Crippen molar-refractivity contribution in [2.45, 2.75) is 33.4 Å². The Balaban J connectivity index is 2.67. The van der Waals surface area contributed by atoms with Gasteiger partial charge in [0.25, 0.3) is 0 Å². The Morgan fingerprint density at radius 3 is 2.86 bits per heavy atom. The summed E-state index contributed by atoms with van der Waals surface area (Å²) in [6, 6.07) is 0. The summed E-state index contributed by atoms with van der Waals surface area (Å²) in [5, 5.41) is 0. The van der Waals surface area contributed by atoms with E-state index >= 15 is 0 Å². The van der Waals surface area contributed by atoms with E-state index in [1.54, 1.807) is 0 Å². The summed E-state index contributed by atoms with van der Waals surface area (Å²) in [4.78, 5) is 6.63. The monoisotopic (exact) mass is 193 g/mol. The third-order valence-electron chi connectivity index (χ3n) is 2.22. The summed E-state index contributed by atoms with van der Waals surface area (Å²) in [6.07, 6.45) is 7.36. The molecule has 0 aromatic carbocycles. The highest BCUT2D eigenvalue weighted by Crippen LogP contribution is 2.16. The normalized spacial score (nSPS) is 22.6. The van der Waals surface area contributed by atoms with Crippen LogP contribution in [0.15, 0.2) is 29.0 Å². The van der Waals surface area contributed by atoms with Gasteiger partial charge in [0.15, 0.2) is 0 Å². The molecule has 0 amide bonds. The van der Waals surface area contributed by atoms with Crippen LogP contribution in [0.4, 0.5) is 0 Å². The van der Waals surface area contributed by atoms with Crippen LogP contribution < -0.4 is 5.73 Å². The van der Waals surface area contributed by atoms with E-state index in [2.05, 4.69) is 42.1 Å². The van der Waals surface area contributed by atoms with Crippen molar-refractivity contribution >= 4 is 5.71 Å². The van der Waals surface area contributed by atoms with Crippen molar-refractivity contribution in [1.82, 2.24) is 4.90 Å². The Morgan fingerprint density at radius 1 is 1.57 bits per heavy atom.